The van der Waals surface area contributed by atoms with Gasteiger partial charge in [0.2, 0.25) is 5.91 Å². The number of carbonyl (C=O) groups is 1. The van der Waals surface area contributed by atoms with Gasteiger partial charge in [0.25, 0.3) is 0 Å². The Hall–Kier alpha value is -1.42. The van der Waals surface area contributed by atoms with Gasteiger partial charge in [-0.1, -0.05) is 18.2 Å². The average molecular weight is 208 g/mol. The van der Waals surface area contributed by atoms with Crippen molar-refractivity contribution in [3.8, 4) is 0 Å². The Balaban J connectivity index is 2.14. The molecule has 1 amide bonds. The predicted molar refractivity (Wildman–Crippen MR) is 54.5 cm³/mol. The number of hydrogen-bond donors (Lipinski definition) is 2. The van der Waals surface area contributed by atoms with Gasteiger partial charge in [0, 0.05) is 11.6 Å². The predicted octanol–water partition coefficient (Wildman–Crippen LogP) is 1.10. The molecule has 15 heavy (non-hydrogen) atoms. The number of benzene rings is 1. The molecule has 0 bridgehead atoms. The molecule has 2 atom stereocenters. The zero-order chi connectivity index (χ0) is 10.8. The highest BCUT2D eigenvalue weighted by molar-refractivity contribution is 5.80. The van der Waals surface area contributed by atoms with Gasteiger partial charge in [-0.3, -0.25) is 10.1 Å². The molecule has 80 valence electrons. The van der Waals surface area contributed by atoms with Crippen LogP contribution in [0.1, 0.15) is 24.4 Å². The molecule has 1 heterocycles. The van der Waals surface area contributed by atoms with Crippen LogP contribution in [0.15, 0.2) is 24.3 Å². The van der Waals surface area contributed by atoms with Crippen molar-refractivity contribution in [3.05, 3.63) is 35.6 Å². The van der Waals surface area contributed by atoms with Gasteiger partial charge in [0.05, 0.1) is 6.04 Å². The van der Waals surface area contributed by atoms with Crippen molar-refractivity contribution >= 4 is 5.91 Å². The molecule has 1 aliphatic rings. The Morgan fingerprint density at radius 2 is 2.13 bits per heavy atom. The van der Waals surface area contributed by atoms with Crippen molar-refractivity contribution in [1.82, 2.24) is 5.32 Å². The van der Waals surface area contributed by atoms with Crippen LogP contribution < -0.4 is 11.1 Å². The first kappa shape index (κ1) is 10.1. The molecule has 1 fully saturated rings. The summed E-state index contributed by atoms with van der Waals surface area (Å²) in [5, 5.41) is 3.03. The lowest BCUT2D eigenvalue weighted by molar-refractivity contribution is -0.119. The fourth-order valence-corrected chi connectivity index (χ4v) is 1.97. The Morgan fingerprint density at radius 3 is 2.73 bits per heavy atom. The topological polar surface area (TPSA) is 55.1 Å². The smallest absolute Gasteiger partial charge is 0.234 e. The van der Waals surface area contributed by atoms with E-state index >= 15 is 0 Å². The number of hydrogen-bond acceptors (Lipinski definition) is 2. The molecule has 0 radical (unpaired) electrons. The van der Waals surface area contributed by atoms with E-state index in [0.29, 0.717) is 12.0 Å². The van der Waals surface area contributed by atoms with Crippen LogP contribution in [0.5, 0.6) is 0 Å². The van der Waals surface area contributed by atoms with Crippen molar-refractivity contribution in [2.45, 2.75) is 24.9 Å². The summed E-state index contributed by atoms with van der Waals surface area (Å²) in [6, 6.07) is 6.18. The summed E-state index contributed by atoms with van der Waals surface area (Å²) in [6.45, 7) is 0. The average Bonchev–Trinajstić information content (AvgIpc) is 2.67. The Morgan fingerprint density at radius 1 is 1.40 bits per heavy atom. The lowest BCUT2D eigenvalue weighted by Gasteiger charge is -2.13. The number of rotatable bonds is 2. The molecular weight excluding hydrogens is 195 g/mol. The fourth-order valence-electron chi connectivity index (χ4n) is 1.97. The van der Waals surface area contributed by atoms with E-state index in [1.165, 1.54) is 6.07 Å². The number of halogens is 1. The zero-order valence-electron chi connectivity index (χ0n) is 8.24. The van der Waals surface area contributed by atoms with E-state index in [1.54, 1.807) is 18.2 Å². The van der Waals surface area contributed by atoms with Crippen molar-refractivity contribution in [2.75, 3.05) is 0 Å². The van der Waals surface area contributed by atoms with Crippen molar-refractivity contribution in [1.29, 1.82) is 0 Å². The van der Waals surface area contributed by atoms with Crippen LogP contribution in [0.3, 0.4) is 0 Å². The third-order valence-electron chi connectivity index (χ3n) is 2.77. The SMILES string of the molecule is NC(=O)C1CCC(c2ccccc2F)N1. The lowest BCUT2D eigenvalue weighted by Crippen LogP contribution is -2.37. The monoisotopic (exact) mass is 208 g/mol. The van der Waals surface area contributed by atoms with Crippen LogP contribution in [0, 0.1) is 5.82 Å². The molecule has 0 saturated carbocycles. The van der Waals surface area contributed by atoms with Gasteiger partial charge in [0.1, 0.15) is 5.82 Å². The van der Waals surface area contributed by atoms with Crippen LogP contribution in [0.25, 0.3) is 0 Å². The standard InChI is InChI=1S/C11H13FN2O/c12-8-4-2-1-3-7(8)9-5-6-10(14-9)11(13)15/h1-4,9-10,14H,5-6H2,(H2,13,15). The number of nitrogens with one attached hydrogen (secondary N) is 1. The Bertz CT molecular complexity index is 381. The molecule has 2 rings (SSSR count). The number of nitrogens with two attached hydrogens (primary N) is 1. The maximum atomic E-state index is 13.4. The second-order valence-corrected chi connectivity index (χ2v) is 3.77. The summed E-state index contributed by atoms with van der Waals surface area (Å²) in [6.07, 6.45) is 1.42. The number of primary amides is 1. The van der Waals surface area contributed by atoms with Crippen molar-refractivity contribution < 1.29 is 9.18 Å². The second kappa shape index (κ2) is 3.98. The maximum Gasteiger partial charge on any atom is 0.234 e. The first-order chi connectivity index (χ1) is 7.18. The van der Waals surface area contributed by atoms with Crippen molar-refractivity contribution in [3.63, 3.8) is 0 Å². The molecule has 1 aromatic carbocycles. The summed E-state index contributed by atoms with van der Waals surface area (Å²) < 4.78 is 13.4. The third-order valence-corrected chi connectivity index (χ3v) is 2.77. The quantitative estimate of drug-likeness (QED) is 0.764. The minimum absolute atomic E-state index is 0.0938. The molecule has 3 N–H and O–H groups in total. The third kappa shape index (κ3) is 1.99. The van der Waals surface area contributed by atoms with Crippen molar-refractivity contribution in [2.24, 2.45) is 5.73 Å². The van der Waals surface area contributed by atoms with E-state index in [1.807, 2.05) is 0 Å². The van der Waals surface area contributed by atoms with Crippen LogP contribution >= 0.6 is 0 Å². The molecular formula is C11H13FN2O. The van der Waals surface area contributed by atoms with Crippen LogP contribution in [0.4, 0.5) is 4.39 Å². The summed E-state index contributed by atoms with van der Waals surface area (Å²) in [4.78, 5) is 10.9. The molecule has 1 aliphatic heterocycles. The zero-order valence-corrected chi connectivity index (χ0v) is 8.24. The normalized spacial score (nSPS) is 25.4. The van der Waals surface area contributed by atoms with E-state index in [-0.39, 0.29) is 23.8 Å². The van der Waals surface area contributed by atoms with E-state index in [9.17, 15) is 9.18 Å². The fraction of sp³-hybridized carbons (Fsp3) is 0.364. The van der Waals surface area contributed by atoms with Crippen LogP contribution in [-0.2, 0) is 4.79 Å². The second-order valence-electron chi connectivity index (χ2n) is 3.77. The molecule has 2 unspecified atom stereocenters. The minimum atomic E-state index is -0.367. The first-order valence-electron chi connectivity index (χ1n) is 4.98. The molecule has 0 spiro atoms. The molecule has 1 saturated heterocycles. The van der Waals surface area contributed by atoms with Gasteiger partial charge in [-0.05, 0) is 18.9 Å². The van der Waals surface area contributed by atoms with E-state index in [4.69, 9.17) is 5.73 Å². The van der Waals surface area contributed by atoms with Gasteiger partial charge in [-0.15, -0.1) is 0 Å². The van der Waals surface area contributed by atoms with Crippen LogP contribution in [-0.4, -0.2) is 11.9 Å². The first-order valence-corrected chi connectivity index (χ1v) is 4.98. The van der Waals surface area contributed by atoms with E-state index in [0.717, 1.165) is 6.42 Å². The highest BCUT2D eigenvalue weighted by atomic mass is 19.1. The Labute approximate surface area is 87.5 Å². The highest BCUT2D eigenvalue weighted by Gasteiger charge is 2.29. The summed E-state index contributed by atoms with van der Waals surface area (Å²) >= 11 is 0. The van der Waals surface area contributed by atoms with Gasteiger partial charge in [0.15, 0.2) is 0 Å². The molecule has 4 heteroatoms. The van der Waals surface area contributed by atoms with Gasteiger partial charge in [-0.25, -0.2) is 4.39 Å². The highest BCUT2D eigenvalue weighted by Crippen LogP contribution is 2.27. The largest absolute Gasteiger partial charge is 0.368 e. The maximum absolute atomic E-state index is 13.4. The van der Waals surface area contributed by atoms with Gasteiger partial charge >= 0.3 is 0 Å². The minimum Gasteiger partial charge on any atom is -0.368 e. The summed E-state index contributed by atoms with van der Waals surface area (Å²) in [5.74, 6) is -0.603. The molecule has 3 nitrogen and oxygen atoms in total. The molecule has 0 aliphatic carbocycles. The Kier molecular flexibility index (Phi) is 2.68. The van der Waals surface area contributed by atoms with Gasteiger partial charge < -0.3 is 5.73 Å². The summed E-state index contributed by atoms with van der Waals surface area (Å²) in [5.41, 5.74) is 5.79. The van der Waals surface area contributed by atoms with Crippen LogP contribution in [0.2, 0.25) is 0 Å². The van der Waals surface area contributed by atoms with Gasteiger partial charge in [-0.2, -0.15) is 0 Å². The number of amides is 1. The number of carbonyl (C=O) groups excluding carboxylic acids is 1. The van der Waals surface area contributed by atoms with E-state index < -0.39 is 0 Å². The summed E-state index contributed by atoms with van der Waals surface area (Å²) in [7, 11) is 0. The van der Waals surface area contributed by atoms with E-state index in [2.05, 4.69) is 5.32 Å². The molecule has 0 aromatic heterocycles. The lowest BCUT2D eigenvalue weighted by atomic mass is 10.0. The molecule has 1 aromatic rings.